The molecule has 6 N–H and O–H groups in total. The van der Waals surface area contributed by atoms with Crippen molar-refractivity contribution >= 4 is 129 Å². The average molecular weight is 1340 g/mol. The molecule has 3 unspecified atom stereocenters. The second kappa shape index (κ2) is 36.8. The lowest BCUT2D eigenvalue weighted by Crippen LogP contribution is -2.55. The zero-order valence-electron chi connectivity index (χ0n) is 49.0. The van der Waals surface area contributed by atoms with Crippen molar-refractivity contribution < 1.29 is 78.1 Å². The number of hydrogen-bond acceptors (Lipinski definition) is 16. The zero-order valence-corrected chi connectivity index (χ0v) is 54.3. The van der Waals surface area contributed by atoms with Crippen LogP contribution in [0, 0.1) is 10.8 Å². The Kier molecular flexibility index (Phi) is 34.1. The molecule has 3 aliphatic carbocycles. The van der Waals surface area contributed by atoms with Crippen LogP contribution >= 0.6 is 82.0 Å². The minimum Gasteiger partial charge on any atom is -0.481 e. The molecule has 0 radical (unpaired) electrons. The summed E-state index contributed by atoms with van der Waals surface area (Å²) >= 11 is 34.9. The zero-order chi connectivity index (χ0) is 63.8. The van der Waals surface area contributed by atoms with Crippen LogP contribution in [0.3, 0.4) is 0 Å². The van der Waals surface area contributed by atoms with Crippen molar-refractivity contribution in [2.75, 3.05) is 47.6 Å². The van der Waals surface area contributed by atoms with Crippen molar-refractivity contribution in [2.24, 2.45) is 10.8 Å². The van der Waals surface area contributed by atoms with E-state index in [1.807, 2.05) is 37.4 Å². The number of carboxylic acid groups (broad SMARTS) is 1. The second-order valence-corrected chi connectivity index (χ2v) is 24.0. The van der Waals surface area contributed by atoms with Gasteiger partial charge in [0.25, 0.3) is 0 Å². The smallest absolute Gasteiger partial charge is 0.413 e. The van der Waals surface area contributed by atoms with E-state index in [1.54, 1.807) is 63.4 Å². The molecule has 3 saturated carbocycles. The third kappa shape index (κ3) is 20.9. The van der Waals surface area contributed by atoms with Gasteiger partial charge in [-0.3, -0.25) is 38.6 Å². The molecule has 0 bridgehead atoms. The van der Waals surface area contributed by atoms with Gasteiger partial charge in [0.1, 0.15) is 27.4 Å². The lowest BCUT2D eigenvalue weighted by molar-refractivity contribution is -0.183. The van der Waals surface area contributed by atoms with Crippen LogP contribution in [0.2, 0.25) is 15.1 Å². The Bertz CT molecular complexity index is 2700. The highest BCUT2D eigenvalue weighted by molar-refractivity contribution is 6.63. The van der Waals surface area contributed by atoms with Crippen molar-refractivity contribution in [2.45, 2.75) is 152 Å². The van der Waals surface area contributed by atoms with Crippen LogP contribution in [-0.4, -0.2) is 147 Å². The van der Waals surface area contributed by atoms with Gasteiger partial charge < -0.3 is 45.1 Å². The molecular formula is C59H80Cl7N3O16. The van der Waals surface area contributed by atoms with E-state index in [0.29, 0.717) is 58.3 Å². The van der Waals surface area contributed by atoms with Crippen LogP contribution in [0.1, 0.15) is 135 Å². The molecule has 0 saturated heterocycles. The predicted molar refractivity (Wildman–Crippen MR) is 328 cm³/mol. The van der Waals surface area contributed by atoms with Gasteiger partial charge in [-0.15, -0.1) is 24.0 Å². The van der Waals surface area contributed by atoms with E-state index >= 15 is 0 Å². The molecule has 26 heteroatoms. The summed E-state index contributed by atoms with van der Waals surface area (Å²) in [7, 11) is 4.86. The lowest BCUT2D eigenvalue weighted by Gasteiger charge is -2.43. The number of nitrogens with zero attached hydrogens (tertiary/aromatic N) is 2. The summed E-state index contributed by atoms with van der Waals surface area (Å²) in [6, 6.07) is 21.6. The summed E-state index contributed by atoms with van der Waals surface area (Å²) in [5.74, 6) is -2.00. The number of ether oxygens (including phenoxy) is 3. The monoisotopic (exact) mass is 1330 g/mol. The number of alkyl halides is 2. The van der Waals surface area contributed by atoms with Gasteiger partial charge in [-0.1, -0.05) is 107 Å². The lowest BCUT2D eigenvalue weighted by atomic mass is 9.74. The van der Waals surface area contributed by atoms with E-state index < -0.39 is 89.9 Å². The number of nitrogens with one attached hydrogen (secondary N) is 1. The van der Waals surface area contributed by atoms with Crippen LogP contribution in [0.4, 0.5) is 9.59 Å². The average Bonchev–Trinajstić information content (AvgIpc) is 2.07. The first-order chi connectivity index (χ1) is 39.4. The van der Waals surface area contributed by atoms with Gasteiger partial charge in [0, 0.05) is 78.3 Å². The Morgan fingerprint density at radius 2 is 0.953 bits per heavy atom. The van der Waals surface area contributed by atoms with E-state index in [9.17, 15) is 48.6 Å². The number of halogens is 7. The number of aliphatic carboxylic acids is 1. The van der Waals surface area contributed by atoms with E-state index in [2.05, 4.69) is 5.32 Å². The van der Waals surface area contributed by atoms with Crippen molar-refractivity contribution in [1.82, 2.24) is 15.1 Å². The molecule has 0 spiro atoms. The fourth-order valence-electron chi connectivity index (χ4n) is 9.43. The molecule has 3 aromatic carbocycles. The molecule has 6 atom stereocenters. The Morgan fingerprint density at radius 3 is 1.25 bits per heavy atom. The number of benzene rings is 3. The number of carbonyl (C=O) groups excluding carboxylic acids is 7. The Hall–Kier alpha value is -4.35. The Balaban J connectivity index is 0.000000577. The third-order valence-corrected chi connectivity index (χ3v) is 16.1. The number of aliphatic hydroxyl groups is 4. The third-order valence-electron chi connectivity index (χ3n) is 14.7. The number of carboxylic acids is 1. The molecule has 0 aromatic heterocycles. The molecular weight excluding hydrogens is 1250 g/mol. The van der Waals surface area contributed by atoms with Crippen LogP contribution in [-0.2, 0) is 59.6 Å². The molecule has 6 rings (SSSR count). The Labute approximate surface area is 533 Å². The van der Waals surface area contributed by atoms with Crippen LogP contribution in [0.15, 0.2) is 72.8 Å². The number of amides is 2. The van der Waals surface area contributed by atoms with Crippen molar-refractivity contribution in [1.29, 1.82) is 0 Å². The summed E-state index contributed by atoms with van der Waals surface area (Å²) in [6.07, 6.45) is 5.76. The van der Waals surface area contributed by atoms with E-state index in [0.717, 1.165) is 50.5 Å². The first-order valence-corrected chi connectivity index (χ1v) is 29.6. The van der Waals surface area contributed by atoms with Crippen LogP contribution in [0.25, 0.3) is 0 Å². The summed E-state index contributed by atoms with van der Waals surface area (Å²) < 4.78 is 15.4. The highest BCUT2D eigenvalue weighted by Crippen LogP contribution is 2.44. The van der Waals surface area contributed by atoms with Gasteiger partial charge in [0.2, 0.25) is 11.5 Å². The molecule has 0 aliphatic heterocycles. The number of aliphatic hydroxyl groups excluding tert-OH is 4. The van der Waals surface area contributed by atoms with E-state index in [4.69, 9.17) is 99.1 Å². The molecule has 19 nitrogen and oxygen atoms in total. The number of likely N-dealkylation sites (N-methyl/N-ethyl adjacent to an activating group) is 3. The minimum absolute atomic E-state index is 0. The molecule has 85 heavy (non-hydrogen) atoms. The van der Waals surface area contributed by atoms with Gasteiger partial charge in [0.15, 0.2) is 22.9 Å². The topological polar surface area (TPSA) is 284 Å². The molecule has 3 aliphatic rings. The number of rotatable bonds is 17. The SMILES string of the molecule is CC(CO)(CO)C(=O)O.CC(Cl)CC(=O)Cl.CC(Cl)OC(=O)N(C)[C@]1(c2ccccc2Cl)CCCCC1=O.CC(OC(=O)N(C)[C@]1(c2ccccc2Cl)CCCCC1=O)OC(=O)C(C)(CO)CO.CN[C@]1(c2ccccc2Cl)CCCCC1=O.Cl. The number of esters is 1. The number of ketones is 3. The largest absolute Gasteiger partial charge is 0.481 e. The highest BCUT2D eigenvalue weighted by Gasteiger charge is 2.51. The molecule has 2 amide bonds. The standard InChI is InChI=1S/C21H28ClNO7.C16H19Cl2NO3.C13H16ClNO.C5H10O4.C4H6Cl2O.ClH/c1-14(29-18(27)20(2,12-24)13-25)30-19(28)23(3)21(11-7-6-10-17(21)26)15-8-4-5-9-16(15)22;1-11(17)22-15(21)19(2)16(10-6-5-9-14(16)20)12-7-3-4-8-13(12)18;1-15-13(9-5-4-8-12(13)16)10-6-2-3-7-11(10)14;1-5(2-6,3-7)4(8)9;1-3(5)2-4(6)7;/h4-5,8-9,14,24-25H,6-7,10-13H2,1-3H3;3-4,7-8,11H,5-6,9-10H2,1-2H3;2-3,6-7,15H,4-5,8-9H2,1H3;6-7H,2-3H2,1H3,(H,8,9);3H,2H2,1H3;1H/t14?,21-;11?,16-;13-;;;/m000.../s1. The fraction of sp³-hybridized carbons (Fsp3) is 0.559. The van der Waals surface area contributed by atoms with Crippen molar-refractivity contribution in [3.63, 3.8) is 0 Å². The summed E-state index contributed by atoms with van der Waals surface area (Å²) in [4.78, 5) is 98.0. The van der Waals surface area contributed by atoms with Crippen LogP contribution < -0.4 is 5.32 Å². The van der Waals surface area contributed by atoms with Crippen molar-refractivity contribution in [3.05, 3.63) is 105 Å². The maximum atomic E-state index is 13.0. The van der Waals surface area contributed by atoms with Gasteiger partial charge in [-0.2, -0.15) is 0 Å². The maximum Gasteiger partial charge on any atom is 0.413 e. The van der Waals surface area contributed by atoms with Gasteiger partial charge in [0.05, 0.1) is 26.4 Å². The predicted octanol–water partition coefficient (Wildman–Crippen LogP) is 11.1. The molecule has 476 valence electrons. The maximum absolute atomic E-state index is 13.0. The van der Waals surface area contributed by atoms with Crippen LogP contribution in [0.5, 0.6) is 0 Å². The highest BCUT2D eigenvalue weighted by atomic mass is 35.5. The fourth-order valence-corrected chi connectivity index (χ4v) is 10.8. The van der Waals surface area contributed by atoms with Gasteiger partial charge in [-0.25, -0.2) is 9.59 Å². The molecule has 0 heterocycles. The molecule has 3 aromatic rings. The van der Waals surface area contributed by atoms with E-state index in [-0.39, 0.29) is 46.8 Å². The Morgan fingerprint density at radius 1 is 0.588 bits per heavy atom. The number of carbonyl (C=O) groups is 8. The second-order valence-electron chi connectivity index (χ2n) is 21.0. The van der Waals surface area contributed by atoms with Gasteiger partial charge in [-0.05, 0) is 121 Å². The minimum atomic E-state index is -1.52. The number of hydrogen-bond donors (Lipinski definition) is 6. The quantitative estimate of drug-likeness (QED) is 0.0317. The summed E-state index contributed by atoms with van der Waals surface area (Å²) in [5, 5.41) is 47.9. The normalized spacial score (nSPS) is 20.3. The summed E-state index contributed by atoms with van der Waals surface area (Å²) in [5.41, 5.74) is -4.51. The first-order valence-electron chi connectivity index (χ1n) is 27.2. The summed E-state index contributed by atoms with van der Waals surface area (Å²) in [6.45, 7) is 4.86. The number of Topliss-reactive ketones (excluding diaryl/α,β-unsaturated/α-hetero) is 3. The molecule has 3 fully saturated rings. The van der Waals surface area contributed by atoms with E-state index in [1.165, 1.54) is 37.6 Å². The first kappa shape index (κ1) is 78.7. The van der Waals surface area contributed by atoms with Crippen molar-refractivity contribution in [3.8, 4) is 0 Å². The van der Waals surface area contributed by atoms with Gasteiger partial charge >= 0.3 is 24.1 Å².